The number of nitrogens with one attached hydrogen (secondary N) is 2. The molecule has 2 heterocycles. The van der Waals surface area contributed by atoms with Gasteiger partial charge < -0.3 is 5.32 Å². The van der Waals surface area contributed by atoms with Gasteiger partial charge in [0.1, 0.15) is 4.21 Å². The van der Waals surface area contributed by atoms with Crippen LogP contribution in [0.1, 0.15) is 14.5 Å². The Balaban J connectivity index is 1.85. The van der Waals surface area contributed by atoms with Crippen LogP contribution in [0.3, 0.4) is 0 Å². The van der Waals surface area contributed by atoms with Gasteiger partial charge in [-0.1, -0.05) is 18.2 Å². The fourth-order valence-electron chi connectivity index (χ4n) is 2.03. The molecule has 0 fully saturated rings. The van der Waals surface area contributed by atoms with Gasteiger partial charge in [-0.25, -0.2) is 8.42 Å². The van der Waals surface area contributed by atoms with Crippen LogP contribution in [0, 0.1) is 6.92 Å². The first-order chi connectivity index (χ1) is 11.5. The van der Waals surface area contributed by atoms with E-state index in [1.165, 1.54) is 17.4 Å². The molecule has 0 atom stereocenters. The topological polar surface area (TPSA) is 75.3 Å². The zero-order valence-corrected chi connectivity index (χ0v) is 15.1. The molecule has 3 aromatic rings. The number of rotatable bonds is 5. The van der Waals surface area contributed by atoms with Crippen molar-refractivity contribution in [3.8, 4) is 0 Å². The van der Waals surface area contributed by atoms with Crippen LogP contribution < -0.4 is 10.0 Å². The minimum Gasteiger partial charge on any atom is -0.319 e. The van der Waals surface area contributed by atoms with Crippen LogP contribution in [-0.2, 0) is 10.0 Å². The van der Waals surface area contributed by atoms with Crippen LogP contribution in [-0.4, -0.2) is 14.3 Å². The molecule has 8 heteroatoms. The van der Waals surface area contributed by atoms with E-state index in [0.717, 1.165) is 16.2 Å². The summed E-state index contributed by atoms with van der Waals surface area (Å²) in [6, 6.07) is 13.5. The van der Waals surface area contributed by atoms with E-state index >= 15 is 0 Å². The van der Waals surface area contributed by atoms with Crippen molar-refractivity contribution in [1.82, 2.24) is 0 Å². The van der Waals surface area contributed by atoms with Crippen LogP contribution in [0.5, 0.6) is 0 Å². The smallest absolute Gasteiger partial charge is 0.271 e. The summed E-state index contributed by atoms with van der Waals surface area (Å²) in [4.78, 5) is 13.9. The molecule has 124 valence electrons. The molecule has 0 spiro atoms. The lowest BCUT2D eigenvalue weighted by atomic mass is 10.2. The highest BCUT2D eigenvalue weighted by atomic mass is 32.2. The maximum Gasteiger partial charge on any atom is 0.271 e. The number of sulfonamides is 1. The molecular weight excluding hydrogens is 364 g/mol. The first-order valence-corrected chi connectivity index (χ1v) is 10.2. The highest BCUT2D eigenvalue weighted by Gasteiger charge is 2.18. The predicted octanol–water partition coefficient (Wildman–Crippen LogP) is 4.17. The largest absolute Gasteiger partial charge is 0.319 e. The van der Waals surface area contributed by atoms with Crippen molar-refractivity contribution in [2.24, 2.45) is 0 Å². The fraction of sp³-hybridized carbons (Fsp3) is 0.0625. The van der Waals surface area contributed by atoms with E-state index in [-0.39, 0.29) is 10.1 Å². The van der Waals surface area contributed by atoms with Gasteiger partial charge in [-0.3, -0.25) is 9.52 Å². The lowest BCUT2D eigenvalue weighted by molar-refractivity contribution is 0.103. The van der Waals surface area contributed by atoms with Crippen molar-refractivity contribution in [3.05, 3.63) is 63.7 Å². The van der Waals surface area contributed by atoms with E-state index in [1.54, 1.807) is 41.8 Å². The summed E-state index contributed by atoms with van der Waals surface area (Å²) in [5, 5.41) is 4.45. The standard InChI is InChI=1S/C16H14N2O3S3/c1-11-8-9-14(23-11)16(19)17-12-5-2-3-6-13(12)18-24(20,21)15-7-4-10-22-15/h2-10,18H,1H3,(H,17,19). The number of amides is 1. The Morgan fingerprint density at radius 3 is 2.38 bits per heavy atom. The van der Waals surface area contributed by atoms with Gasteiger partial charge in [-0.15, -0.1) is 22.7 Å². The molecule has 2 aromatic heterocycles. The summed E-state index contributed by atoms with van der Waals surface area (Å²) in [7, 11) is -3.67. The molecule has 0 aliphatic carbocycles. The zero-order valence-electron chi connectivity index (χ0n) is 12.6. The predicted molar refractivity (Wildman–Crippen MR) is 98.6 cm³/mol. The van der Waals surface area contributed by atoms with Crippen LogP contribution in [0.4, 0.5) is 11.4 Å². The maximum atomic E-state index is 12.4. The first-order valence-electron chi connectivity index (χ1n) is 6.99. The summed E-state index contributed by atoms with van der Waals surface area (Å²) in [5.41, 5.74) is 0.737. The molecule has 2 N–H and O–H groups in total. The molecule has 0 saturated heterocycles. The third kappa shape index (κ3) is 3.66. The Kier molecular flexibility index (Phi) is 4.70. The SMILES string of the molecule is Cc1ccc(C(=O)Nc2ccccc2NS(=O)(=O)c2cccs2)s1. The minimum atomic E-state index is -3.67. The highest BCUT2D eigenvalue weighted by molar-refractivity contribution is 7.94. The van der Waals surface area contributed by atoms with Crippen molar-refractivity contribution in [1.29, 1.82) is 0 Å². The average Bonchev–Trinajstić information content (AvgIpc) is 3.20. The van der Waals surface area contributed by atoms with Gasteiger partial charge in [-0.2, -0.15) is 0 Å². The summed E-state index contributed by atoms with van der Waals surface area (Å²) in [6.07, 6.45) is 0. The average molecular weight is 379 g/mol. The van der Waals surface area contributed by atoms with Gasteiger partial charge in [0.2, 0.25) is 0 Å². The molecule has 1 amide bonds. The second kappa shape index (κ2) is 6.76. The number of carbonyl (C=O) groups is 1. The molecule has 5 nitrogen and oxygen atoms in total. The van der Waals surface area contributed by atoms with E-state index in [9.17, 15) is 13.2 Å². The first kappa shape index (κ1) is 16.7. The second-order valence-electron chi connectivity index (χ2n) is 4.95. The minimum absolute atomic E-state index is 0.220. The van der Waals surface area contributed by atoms with Crippen molar-refractivity contribution in [2.45, 2.75) is 11.1 Å². The van der Waals surface area contributed by atoms with E-state index in [1.807, 2.05) is 13.0 Å². The number of thiophene rings is 2. The van der Waals surface area contributed by atoms with Gasteiger partial charge in [0.05, 0.1) is 16.3 Å². The van der Waals surface area contributed by atoms with Gasteiger partial charge >= 0.3 is 0 Å². The number of carbonyl (C=O) groups excluding carboxylic acids is 1. The third-order valence-electron chi connectivity index (χ3n) is 3.14. The lowest BCUT2D eigenvalue weighted by Gasteiger charge is -2.12. The molecule has 24 heavy (non-hydrogen) atoms. The molecule has 1 aromatic carbocycles. The van der Waals surface area contributed by atoms with Crippen LogP contribution in [0.25, 0.3) is 0 Å². The van der Waals surface area contributed by atoms with Gasteiger partial charge in [0.25, 0.3) is 15.9 Å². The lowest BCUT2D eigenvalue weighted by Crippen LogP contribution is -2.16. The van der Waals surface area contributed by atoms with E-state index in [2.05, 4.69) is 10.0 Å². The van der Waals surface area contributed by atoms with Crippen molar-refractivity contribution < 1.29 is 13.2 Å². The van der Waals surface area contributed by atoms with Crippen molar-refractivity contribution >= 4 is 50.0 Å². The maximum absolute atomic E-state index is 12.4. The Bertz CT molecular complexity index is 960. The Hall–Kier alpha value is -2.16. The monoisotopic (exact) mass is 378 g/mol. The number of hydrogen-bond acceptors (Lipinski definition) is 5. The van der Waals surface area contributed by atoms with Crippen LogP contribution >= 0.6 is 22.7 Å². The molecule has 0 radical (unpaired) electrons. The van der Waals surface area contributed by atoms with Gasteiger partial charge in [0, 0.05) is 4.88 Å². The quantitative estimate of drug-likeness (QED) is 0.700. The van der Waals surface area contributed by atoms with Crippen LogP contribution in [0.2, 0.25) is 0 Å². The molecule has 0 aliphatic rings. The van der Waals surface area contributed by atoms with Crippen molar-refractivity contribution in [2.75, 3.05) is 10.0 Å². The fourth-order valence-corrected chi connectivity index (χ4v) is 4.87. The number of benzene rings is 1. The number of hydrogen-bond donors (Lipinski definition) is 2. The Morgan fingerprint density at radius 2 is 1.75 bits per heavy atom. The molecule has 0 saturated carbocycles. The number of para-hydroxylation sites is 2. The van der Waals surface area contributed by atoms with Crippen molar-refractivity contribution in [3.63, 3.8) is 0 Å². The number of aryl methyl sites for hydroxylation is 1. The van der Waals surface area contributed by atoms with E-state index < -0.39 is 10.0 Å². The molecular formula is C16H14N2O3S3. The van der Waals surface area contributed by atoms with E-state index in [4.69, 9.17) is 0 Å². The zero-order chi connectivity index (χ0) is 17.2. The summed E-state index contributed by atoms with van der Waals surface area (Å²) in [6.45, 7) is 1.92. The van der Waals surface area contributed by atoms with Gasteiger partial charge in [0.15, 0.2) is 0 Å². The van der Waals surface area contributed by atoms with Crippen LogP contribution in [0.15, 0.2) is 58.1 Å². The summed E-state index contributed by atoms with van der Waals surface area (Å²) in [5.74, 6) is -0.268. The van der Waals surface area contributed by atoms with Gasteiger partial charge in [-0.05, 0) is 42.6 Å². The Labute approximate surface area is 148 Å². The molecule has 0 bridgehead atoms. The number of anilines is 2. The third-order valence-corrected chi connectivity index (χ3v) is 6.91. The molecule has 0 aliphatic heterocycles. The molecule has 0 unspecified atom stereocenters. The highest BCUT2D eigenvalue weighted by Crippen LogP contribution is 2.27. The van der Waals surface area contributed by atoms with E-state index in [0.29, 0.717) is 16.3 Å². The Morgan fingerprint density at radius 1 is 1.00 bits per heavy atom. The normalized spacial score (nSPS) is 11.2. The summed E-state index contributed by atoms with van der Waals surface area (Å²) >= 11 is 2.52. The molecule has 3 rings (SSSR count). The second-order valence-corrected chi connectivity index (χ2v) is 9.09. The summed E-state index contributed by atoms with van der Waals surface area (Å²) < 4.78 is 27.5.